The SMILES string of the molecule is Nc1ccc(CCC(=O)/C=C/C2Cc3cc(-c4ccccc4S(=O)(=O)N4CCOCC4)cc(Cl)c3O2)cn1. The van der Waals surface area contributed by atoms with Crippen LogP contribution in [-0.4, -0.2) is 55.9 Å². The molecule has 5 rings (SSSR count). The number of nitrogens with two attached hydrogens (primary N) is 1. The Balaban J connectivity index is 1.31. The molecule has 2 aliphatic heterocycles. The van der Waals surface area contributed by atoms with Crippen molar-refractivity contribution in [3.63, 3.8) is 0 Å². The van der Waals surface area contributed by atoms with Crippen molar-refractivity contribution < 1.29 is 22.7 Å². The first-order valence-electron chi connectivity index (χ1n) is 12.4. The molecule has 0 aliphatic carbocycles. The van der Waals surface area contributed by atoms with Gasteiger partial charge in [0.1, 0.15) is 17.7 Å². The topological polar surface area (TPSA) is 112 Å². The third kappa shape index (κ3) is 5.76. The average Bonchev–Trinajstić information content (AvgIpc) is 3.36. The number of nitrogen functional groups attached to an aromatic ring is 1. The van der Waals surface area contributed by atoms with Gasteiger partial charge in [0, 0.05) is 43.3 Å². The van der Waals surface area contributed by atoms with Crippen molar-refractivity contribution in [2.24, 2.45) is 0 Å². The zero-order chi connectivity index (χ0) is 26.7. The summed E-state index contributed by atoms with van der Waals surface area (Å²) in [5.41, 5.74) is 8.68. The van der Waals surface area contributed by atoms with E-state index in [0.29, 0.717) is 73.3 Å². The van der Waals surface area contributed by atoms with Crippen LogP contribution in [0.2, 0.25) is 5.02 Å². The maximum atomic E-state index is 13.4. The fraction of sp³-hybridized carbons (Fsp3) is 0.286. The summed E-state index contributed by atoms with van der Waals surface area (Å²) < 4.78 is 39.6. The second-order valence-electron chi connectivity index (χ2n) is 9.24. The molecule has 3 aromatic rings. The fourth-order valence-electron chi connectivity index (χ4n) is 4.61. The molecular formula is C28H28ClN3O5S. The molecule has 0 bridgehead atoms. The Labute approximate surface area is 227 Å². The number of ether oxygens (including phenoxy) is 2. The summed E-state index contributed by atoms with van der Waals surface area (Å²) in [4.78, 5) is 16.7. The van der Waals surface area contributed by atoms with Crippen molar-refractivity contribution in [3.05, 3.63) is 83.0 Å². The van der Waals surface area contributed by atoms with Gasteiger partial charge < -0.3 is 15.2 Å². The van der Waals surface area contributed by atoms with E-state index >= 15 is 0 Å². The molecule has 2 aromatic carbocycles. The number of anilines is 1. The first-order chi connectivity index (χ1) is 18.3. The Bertz CT molecular complexity index is 1470. The molecule has 0 saturated carbocycles. The van der Waals surface area contributed by atoms with Crippen LogP contribution in [0.1, 0.15) is 17.5 Å². The lowest BCUT2D eigenvalue weighted by Gasteiger charge is -2.27. The number of morpholine rings is 1. The lowest BCUT2D eigenvalue weighted by Crippen LogP contribution is -2.40. The molecule has 2 aliphatic rings. The number of hydrogen-bond acceptors (Lipinski definition) is 7. The number of fused-ring (bicyclic) bond motifs is 1. The van der Waals surface area contributed by atoms with E-state index in [2.05, 4.69) is 4.98 Å². The highest BCUT2D eigenvalue weighted by molar-refractivity contribution is 7.89. The van der Waals surface area contributed by atoms with Gasteiger partial charge in [-0.25, -0.2) is 13.4 Å². The lowest BCUT2D eigenvalue weighted by molar-refractivity contribution is -0.114. The van der Waals surface area contributed by atoms with Crippen LogP contribution in [0.4, 0.5) is 5.82 Å². The summed E-state index contributed by atoms with van der Waals surface area (Å²) in [5.74, 6) is 0.983. The van der Waals surface area contributed by atoms with Crippen molar-refractivity contribution in [1.29, 1.82) is 0 Å². The number of ketones is 1. The Morgan fingerprint density at radius 3 is 2.71 bits per heavy atom. The maximum absolute atomic E-state index is 13.4. The monoisotopic (exact) mass is 553 g/mol. The van der Waals surface area contributed by atoms with E-state index in [1.54, 1.807) is 48.7 Å². The van der Waals surface area contributed by atoms with Crippen molar-refractivity contribution in [2.45, 2.75) is 30.3 Å². The molecule has 0 spiro atoms. The maximum Gasteiger partial charge on any atom is 0.243 e. The zero-order valence-corrected chi connectivity index (χ0v) is 22.2. The van der Waals surface area contributed by atoms with Gasteiger partial charge in [0.05, 0.1) is 23.1 Å². The highest BCUT2D eigenvalue weighted by Gasteiger charge is 2.30. The third-order valence-corrected chi connectivity index (χ3v) is 8.84. The zero-order valence-electron chi connectivity index (χ0n) is 20.7. The van der Waals surface area contributed by atoms with E-state index in [-0.39, 0.29) is 16.8 Å². The summed E-state index contributed by atoms with van der Waals surface area (Å²) >= 11 is 6.59. The van der Waals surface area contributed by atoms with Crippen molar-refractivity contribution in [2.75, 3.05) is 32.0 Å². The average molecular weight is 554 g/mol. The van der Waals surface area contributed by atoms with Gasteiger partial charge in [-0.1, -0.05) is 35.9 Å². The van der Waals surface area contributed by atoms with Crippen molar-refractivity contribution in [1.82, 2.24) is 9.29 Å². The van der Waals surface area contributed by atoms with Gasteiger partial charge in [-0.2, -0.15) is 4.31 Å². The quantitative estimate of drug-likeness (QED) is 0.418. The minimum Gasteiger partial charge on any atom is -0.484 e. The molecule has 1 aromatic heterocycles. The summed E-state index contributed by atoms with van der Waals surface area (Å²) in [6.07, 6.45) is 6.06. The number of rotatable bonds is 8. The van der Waals surface area contributed by atoms with Crippen molar-refractivity contribution >= 4 is 33.2 Å². The molecule has 8 nitrogen and oxygen atoms in total. The smallest absolute Gasteiger partial charge is 0.243 e. The van der Waals surface area contributed by atoms with E-state index in [9.17, 15) is 13.2 Å². The van der Waals surface area contributed by atoms with E-state index in [4.69, 9.17) is 26.8 Å². The largest absolute Gasteiger partial charge is 0.484 e. The number of aryl methyl sites for hydroxylation is 1. The minimum absolute atomic E-state index is 0.0181. The van der Waals surface area contributed by atoms with Crippen LogP contribution in [-0.2, 0) is 32.4 Å². The molecule has 1 fully saturated rings. The van der Waals surface area contributed by atoms with Gasteiger partial charge in [0.2, 0.25) is 10.0 Å². The van der Waals surface area contributed by atoms with E-state index in [0.717, 1.165) is 11.1 Å². The molecule has 1 atom stereocenters. The summed E-state index contributed by atoms with van der Waals surface area (Å²) in [7, 11) is -3.70. The van der Waals surface area contributed by atoms with Crippen LogP contribution in [0, 0.1) is 0 Å². The number of carbonyl (C=O) groups excluding carboxylic acids is 1. The first kappa shape index (κ1) is 26.4. The van der Waals surface area contributed by atoms with Gasteiger partial charge in [-0.3, -0.25) is 4.79 Å². The Kier molecular flexibility index (Phi) is 7.80. The van der Waals surface area contributed by atoms with Crippen LogP contribution in [0.3, 0.4) is 0 Å². The van der Waals surface area contributed by atoms with E-state index in [1.807, 2.05) is 18.2 Å². The van der Waals surface area contributed by atoms with Gasteiger partial charge in [0.25, 0.3) is 0 Å². The summed E-state index contributed by atoms with van der Waals surface area (Å²) in [6.45, 7) is 1.39. The second-order valence-corrected chi connectivity index (χ2v) is 11.5. The standard InChI is InChI=1S/C28H28ClN3O5S/c29-25-17-20(24-3-1-2-4-26(24)38(34,35)32-11-13-36-14-12-32)15-21-16-23(37-28(21)25)9-8-22(33)7-5-19-6-10-27(30)31-18-19/h1-4,6,8-10,15,17-18,23H,5,7,11-14,16H2,(H2,30,31)/b9-8+. The summed E-state index contributed by atoms with van der Waals surface area (Å²) in [5, 5.41) is 0.397. The number of sulfonamides is 1. The summed E-state index contributed by atoms with van der Waals surface area (Å²) in [6, 6.07) is 14.2. The predicted molar refractivity (Wildman–Crippen MR) is 146 cm³/mol. The third-order valence-electron chi connectivity index (χ3n) is 6.60. The fourth-order valence-corrected chi connectivity index (χ4v) is 6.52. The first-order valence-corrected chi connectivity index (χ1v) is 14.2. The molecule has 38 heavy (non-hydrogen) atoms. The molecule has 10 heteroatoms. The molecule has 2 N–H and O–H groups in total. The second kappa shape index (κ2) is 11.2. The highest BCUT2D eigenvalue weighted by atomic mass is 35.5. The van der Waals surface area contributed by atoms with Crippen molar-refractivity contribution in [3.8, 4) is 16.9 Å². The van der Waals surface area contributed by atoms with E-state index in [1.165, 1.54) is 4.31 Å². The molecule has 1 saturated heterocycles. The number of aromatic nitrogens is 1. The highest BCUT2D eigenvalue weighted by Crippen LogP contribution is 2.41. The van der Waals surface area contributed by atoms with Crippen LogP contribution in [0.25, 0.3) is 11.1 Å². The lowest BCUT2D eigenvalue weighted by atomic mass is 10.0. The molecular weight excluding hydrogens is 526 g/mol. The Morgan fingerprint density at radius 1 is 1.16 bits per heavy atom. The number of hydrogen-bond donors (Lipinski definition) is 1. The number of nitrogens with zero attached hydrogens (tertiary/aromatic N) is 2. The van der Waals surface area contributed by atoms with Crippen LogP contribution < -0.4 is 10.5 Å². The Hall–Kier alpha value is -3.24. The number of pyridine rings is 1. The molecule has 3 heterocycles. The molecule has 0 radical (unpaired) electrons. The van der Waals surface area contributed by atoms with E-state index < -0.39 is 10.0 Å². The van der Waals surface area contributed by atoms with Crippen LogP contribution >= 0.6 is 11.6 Å². The number of carbonyl (C=O) groups is 1. The van der Waals surface area contributed by atoms with Gasteiger partial charge in [-0.15, -0.1) is 0 Å². The minimum atomic E-state index is -3.70. The molecule has 0 amide bonds. The van der Waals surface area contributed by atoms with Crippen LogP contribution in [0.5, 0.6) is 5.75 Å². The number of allylic oxidation sites excluding steroid dienone is 1. The van der Waals surface area contributed by atoms with Crippen LogP contribution in [0.15, 0.2) is 71.8 Å². The van der Waals surface area contributed by atoms with Gasteiger partial charge in [-0.05, 0) is 54.0 Å². The van der Waals surface area contributed by atoms with Gasteiger partial charge >= 0.3 is 0 Å². The number of benzene rings is 2. The number of halogens is 1. The normalized spacial score (nSPS) is 17.9. The molecule has 198 valence electrons. The predicted octanol–water partition coefficient (Wildman–Crippen LogP) is 4.07. The molecule has 1 unspecified atom stereocenters. The van der Waals surface area contributed by atoms with Gasteiger partial charge in [0.15, 0.2) is 5.78 Å². The Morgan fingerprint density at radius 2 is 1.95 bits per heavy atom.